The number of aromatic nitrogens is 1. The summed E-state index contributed by atoms with van der Waals surface area (Å²) >= 11 is 0. The third-order valence-corrected chi connectivity index (χ3v) is 5.37. The number of carbonyl (C=O) groups excluding carboxylic acids is 1. The number of rotatable bonds is 4. The minimum absolute atomic E-state index is 0.0309. The Morgan fingerprint density at radius 2 is 2.14 bits per heavy atom. The zero-order chi connectivity index (χ0) is 19.7. The van der Waals surface area contributed by atoms with E-state index >= 15 is 0 Å². The lowest BCUT2D eigenvalue weighted by atomic mass is 10.2. The number of ether oxygens (including phenoxy) is 1. The van der Waals surface area contributed by atoms with Gasteiger partial charge in [-0.1, -0.05) is 0 Å². The number of hydrogen-bond donors (Lipinski definition) is 0. The highest BCUT2D eigenvalue weighted by Crippen LogP contribution is 2.29. The van der Waals surface area contributed by atoms with Crippen LogP contribution in [0.3, 0.4) is 0 Å². The van der Waals surface area contributed by atoms with Crippen LogP contribution in [-0.4, -0.2) is 59.0 Å². The third kappa shape index (κ3) is 3.50. The summed E-state index contributed by atoms with van der Waals surface area (Å²) < 4.78 is 33.4. The molecule has 0 bridgehead atoms. The number of fused-ring (bicyclic) bond motifs is 1. The topological polar surface area (TPSA) is 69.5 Å². The van der Waals surface area contributed by atoms with Crippen LogP contribution >= 0.6 is 0 Å². The molecular formula is C20H20F2N4O2. The number of benzene rings is 1. The van der Waals surface area contributed by atoms with Crippen LogP contribution in [0.1, 0.15) is 19.3 Å². The van der Waals surface area contributed by atoms with E-state index in [0.29, 0.717) is 30.8 Å². The Hall–Kier alpha value is -2.79. The molecule has 0 radical (unpaired) electrons. The molecular weight excluding hydrogens is 366 g/mol. The van der Waals surface area contributed by atoms with Crippen LogP contribution in [-0.2, 0) is 4.79 Å². The highest BCUT2D eigenvalue weighted by molar-refractivity contribution is 5.85. The molecule has 1 unspecified atom stereocenters. The molecule has 1 aromatic heterocycles. The second kappa shape index (κ2) is 7.68. The Kier molecular flexibility index (Phi) is 5.09. The monoisotopic (exact) mass is 386 g/mol. The van der Waals surface area contributed by atoms with Crippen molar-refractivity contribution in [3.63, 3.8) is 0 Å². The maximum atomic E-state index is 13.9. The lowest BCUT2D eigenvalue weighted by molar-refractivity contribution is -0.132. The summed E-state index contributed by atoms with van der Waals surface area (Å²) in [6, 6.07) is 6.02. The van der Waals surface area contributed by atoms with Gasteiger partial charge in [-0.05, 0) is 37.5 Å². The molecule has 2 aromatic rings. The standard InChI is InChI=1S/C20H20F2N4O2/c21-16-4-3-15-17(5-7-24-20(15)19(16)22)28-14-6-9-25(11-14)12-18(27)26-8-1-2-13(26)10-23/h3-5,7,13-14H,1-2,6,8-9,11-12H2/t13?,14-/m0/s1. The fourth-order valence-electron chi connectivity index (χ4n) is 3.94. The van der Waals surface area contributed by atoms with Gasteiger partial charge in [0.05, 0.1) is 12.6 Å². The van der Waals surface area contributed by atoms with E-state index in [9.17, 15) is 13.6 Å². The predicted molar refractivity (Wildman–Crippen MR) is 97.5 cm³/mol. The third-order valence-electron chi connectivity index (χ3n) is 5.37. The summed E-state index contributed by atoms with van der Waals surface area (Å²) in [4.78, 5) is 20.1. The molecule has 146 valence electrons. The maximum absolute atomic E-state index is 13.9. The van der Waals surface area contributed by atoms with Gasteiger partial charge < -0.3 is 9.64 Å². The molecule has 2 aliphatic heterocycles. The smallest absolute Gasteiger partial charge is 0.237 e. The van der Waals surface area contributed by atoms with Crippen LogP contribution in [0.2, 0.25) is 0 Å². The molecule has 0 spiro atoms. The van der Waals surface area contributed by atoms with Gasteiger partial charge in [0.2, 0.25) is 5.91 Å². The van der Waals surface area contributed by atoms with Crippen LogP contribution in [0.4, 0.5) is 8.78 Å². The molecule has 0 saturated carbocycles. The summed E-state index contributed by atoms with van der Waals surface area (Å²) in [6.45, 7) is 2.16. The molecule has 2 aliphatic rings. The van der Waals surface area contributed by atoms with Crippen LogP contribution < -0.4 is 4.74 Å². The largest absolute Gasteiger partial charge is 0.488 e. The maximum Gasteiger partial charge on any atom is 0.237 e. The predicted octanol–water partition coefficient (Wildman–Crippen LogP) is 2.48. The van der Waals surface area contributed by atoms with Gasteiger partial charge in [-0.15, -0.1) is 0 Å². The van der Waals surface area contributed by atoms with Gasteiger partial charge in [-0.3, -0.25) is 14.7 Å². The number of likely N-dealkylation sites (tertiary alicyclic amines) is 2. The molecule has 2 fully saturated rings. The van der Waals surface area contributed by atoms with Gasteiger partial charge in [0.25, 0.3) is 0 Å². The Bertz CT molecular complexity index is 946. The van der Waals surface area contributed by atoms with E-state index in [1.165, 1.54) is 12.3 Å². The van der Waals surface area contributed by atoms with Crippen molar-refractivity contribution in [1.82, 2.24) is 14.8 Å². The lowest BCUT2D eigenvalue weighted by Crippen LogP contribution is -2.42. The average Bonchev–Trinajstić information content (AvgIpc) is 3.34. The Morgan fingerprint density at radius 3 is 2.96 bits per heavy atom. The van der Waals surface area contributed by atoms with E-state index in [1.54, 1.807) is 11.0 Å². The summed E-state index contributed by atoms with van der Waals surface area (Å²) in [5.74, 6) is -1.51. The van der Waals surface area contributed by atoms with Crippen molar-refractivity contribution < 1.29 is 18.3 Å². The van der Waals surface area contributed by atoms with Crippen LogP contribution in [0.5, 0.6) is 5.75 Å². The number of halogens is 2. The fraction of sp³-hybridized carbons (Fsp3) is 0.450. The first kappa shape index (κ1) is 18.6. The summed E-state index contributed by atoms with van der Waals surface area (Å²) in [5.41, 5.74) is -0.0564. The van der Waals surface area contributed by atoms with Crippen molar-refractivity contribution in [2.45, 2.75) is 31.4 Å². The number of carbonyl (C=O) groups is 1. The lowest BCUT2D eigenvalue weighted by Gasteiger charge is -2.23. The van der Waals surface area contributed by atoms with Gasteiger partial charge in [0, 0.05) is 31.2 Å². The number of pyridine rings is 1. The molecule has 2 atom stereocenters. The molecule has 1 aromatic carbocycles. The quantitative estimate of drug-likeness (QED) is 0.808. The molecule has 28 heavy (non-hydrogen) atoms. The van der Waals surface area contributed by atoms with E-state index < -0.39 is 11.6 Å². The molecule has 3 heterocycles. The van der Waals surface area contributed by atoms with Crippen molar-refractivity contribution in [3.05, 3.63) is 36.0 Å². The van der Waals surface area contributed by atoms with Gasteiger partial charge in [-0.2, -0.15) is 5.26 Å². The Labute approximate surface area is 161 Å². The van der Waals surface area contributed by atoms with Crippen molar-refractivity contribution in [1.29, 1.82) is 5.26 Å². The first-order valence-corrected chi connectivity index (χ1v) is 9.37. The SMILES string of the molecule is N#CC1CCCN1C(=O)CN1CC[C@H](Oc2ccnc3c(F)c(F)ccc23)C1. The average molecular weight is 386 g/mol. The summed E-state index contributed by atoms with van der Waals surface area (Å²) in [7, 11) is 0. The van der Waals surface area contributed by atoms with Crippen LogP contribution in [0, 0.1) is 23.0 Å². The van der Waals surface area contributed by atoms with Gasteiger partial charge >= 0.3 is 0 Å². The van der Waals surface area contributed by atoms with E-state index in [-0.39, 0.29) is 30.1 Å². The summed E-state index contributed by atoms with van der Waals surface area (Å²) in [6.07, 6.45) is 3.56. The molecule has 6 nitrogen and oxygen atoms in total. The first-order valence-electron chi connectivity index (χ1n) is 9.37. The first-order chi connectivity index (χ1) is 13.6. The van der Waals surface area contributed by atoms with Crippen LogP contribution in [0.15, 0.2) is 24.4 Å². The van der Waals surface area contributed by atoms with Crippen molar-refractivity contribution in [3.8, 4) is 11.8 Å². The van der Waals surface area contributed by atoms with E-state index in [1.807, 2.05) is 4.90 Å². The molecule has 2 saturated heterocycles. The van der Waals surface area contributed by atoms with Crippen LogP contribution in [0.25, 0.3) is 10.9 Å². The minimum Gasteiger partial charge on any atom is -0.488 e. The zero-order valence-electron chi connectivity index (χ0n) is 15.3. The molecule has 4 rings (SSSR count). The zero-order valence-corrected chi connectivity index (χ0v) is 15.3. The Balaban J connectivity index is 1.40. The van der Waals surface area contributed by atoms with E-state index in [0.717, 1.165) is 25.3 Å². The van der Waals surface area contributed by atoms with Gasteiger partial charge in [-0.25, -0.2) is 8.78 Å². The number of nitrogens with zero attached hydrogens (tertiary/aromatic N) is 4. The van der Waals surface area contributed by atoms with Crippen molar-refractivity contribution in [2.24, 2.45) is 0 Å². The molecule has 0 aliphatic carbocycles. The molecule has 8 heteroatoms. The van der Waals surface area contributed by atoms with E-state index in [4.69, 9.17) is 10.00 Å². The second-order valence-corrected chi connectivity index (χ2v) is 7.20. The van der Waals surface area contributed by atoms with Crippen molar-refractivity contribution >= 4 is 16.8 Å². The highest BCUT2D eigenvalue weighted by Gasteiger charge is 2.32. The highest BCUT2D eigenvalue weighted by atomic mass is 19.2. The minimum atomic E-state index is -0.987. The van der Waals surface area contributed by atoms with E-state index in [2.05, 4.69) is 11.1 Å². The summed E-state index contributed by atoms with van der Waals surface area (Å²) in [5, 5.41) is 9.56. The molecule has 1 amide bonds. The van der Waals surface area contributed by atoms with Gasteiger partial charge in [0.1, 0.15) is 23.4 Å². The normalized spacial score (nSPS) is 22.5. The fourth-order valence-corrected chi connectivity index (χ4v) is 3.94. The second-order valence-electron chi connectivity index (χ2n) is 7.20. The van der Waals surface area contributed by atoms with Gasteiger partial charge in [0.15, 0.2) is 11.6 Å². The number of nitriles is 1. The Morgan fingerprint density at radius 1 is 1.29 bits per heavy atom. The number of amides is 1. The van der Waals surface area contributed by atoms with Crippen molar-refractivity contribution in [2.75, 3.05) is 26.2 Å². The number of hydrogen-bond acceptors (Lipinski definition) is 5. The molecule has 0 N–H and O–H groups in total.